The minimum Gasteiger partial charge on any atom is -0.375 e. The van der Waals surface area contributed by atoms with Gasteiger partial charge in [-0.2, -0.15) is 0 Å². The van der Waals surface area contributed by atoms with E-state index in [9.17, 15) is 0 Å². The van der Waals surface area contributed by atoms with Crippen LogP contribution in [0.5, 0.6) is 0 Å². The van der Waals surface area contributed by atoms with Crippen molar-refractivity contribution in [2.24, 2.45) is 0 Å². The monoisotopic (exact) mass is 313 g/mol. The van der Waals surface area contributed by atoms with Crippen molar-refractivity contribution >= 4 is 27.5 Å². The van der Waals surface area contributed by atoms with Gasteiger partial charge < -0.3 is 10.7 Å². The van der Waals surface area contributed by atoms with E-state index in [4.69, 9.17) is 10.7 Å². The van der Waals surface area contributed by atoms with Crippen LogP contribution in [0.1, 0.15) is 29.5 Å². The molecule has 2 aromatic heterocycles. The molecule has 3 aromatic rings. The van der Waals surface area contributed by atoms with Crippen LogP contribution in [0.3, 0.4) is 0 Å². The fourth-order valence-electron chi connectivity index (χ4n) is 3.15. The Labute approximate surface area is 133 Å². The summed E-state index contributed by atoms with van der Waals surface area (Å²) < 4.78 is 0. The largest absolute Gasteiger partial charge is 0.375 e. The number of nitrogens with zero attached hydrogens (tertiary/aromatic N) is 3. The maximum absolute atomic E-state index is 5.70. The maximum atomic E-state index is 5.70. The number of H-pyrrole nitrogens is 1. The van der Waals surface area contributed by atoms with Gasteiger partial charge in [-0.3, -0.25) is 4.90 Å². The summed E-state index contributed by atoms with van der Waals surface area (Å²) in [4.78, 5) is 16.1. The first-order chi connectivity index (χ1) is 10.8. The number of benzene rings is 1. The molecule has 0 saturated carbocycles. The molecule has 1 aromatic carbocycles. The molecule has 1 aliphatic rings. The number of imidazole rings is 1. The van der Waals surface area contributed by atoms with Gasteiger partial charge in [0.1, 0.15) is 5.82 Å². The van der Waals surface area contributed by atoms with Gasteiger partial charge >= 0.3 is 0 Å². The van der Waals surface area contributed by atoms with Crippen LogP contribution in [-0.2, 0) is 6.54 Å². The molecule has 0 spiro atoms. The van der Waals surface area contributed by atoms with E-state index in [0.29, 0.717) is 11.0 Å². The molecule has 1 saturated heterocycles. The molecule has 3 heterocycles. The number of piperidine rings is 1. The predicted molar refractivity (Wildman–Crippen MR) is 89.9 cm³/mol. The van der Waals surface area contributed by atoms with E-state index in [1.165, 1.54) is 4.88 Å². The second kappa shape index (κ2) is 5.70. The number of nitrogens with one attached hydrogen (secondary N) is 1. The summed E-state index contributed by atoms with van der Waals surface area (Å²) in [6, 6.07) is 8.25. The van der Waals surface area contributed by atoms with Crippen molar-refractivity contribution < 1.29 is 0 Å². The highest BCUT2D eigenvalue weighted by Gasteiger charge is 2.23. The molecular formula is C16H19N5S. The average Bonchev–Trinajstić information content (AvgIpc) is 3.14. The molecule has 5 nitrogen and oxygen atoms in total. The molecule has 6 heteroatoms. The van der Waals surface area contributed by atoms with Crippen LogP contribution in [0.2, 0.25) is 0 Å². The molecule has 0 atom stereocenters. The van der Waals surface area contributed by atoms with Crippen LogP contribution in [-0.4, -0.2) is 32.9 Å². The number of para-hydroxylation sites is 2. The van der Waals surface area contributed by atoms with Crippen molar-refractivity contribution in [3.05, 3.63) is 41.2 Å². The van der Waals surface area contributed by atoms with Gasteiger partial charge in [0.25, 0.3) is 0 Å². The highest BCUT2D eigenvalue weighted by molar-refractivity contribution is 7.15. The Morgan fingerprint density at radius 2 is 2.09 bits per heavy atom. The Morgan fingerprint density at radius 3 is 2.82 bits per heavy atom. The minimum atomic E-state index is 0.537. The minimum absolute atomic E-state index is 0.537. The van der Waals surface area contributed by atoms with Crippen molar-refractivity contribution in [1.29, 1.82) is 0 Å². The zero-order chi connectivity index (χ0) is 14.9. The lowest BCUT2D eigenvalue weighted by Crippen LogP contribution is -2.32. The summed E-state index contributed by atoms with van der Waals surface area (Å²) in [5, 5.41) is 0.659. The van der Waals surface area contributed by atoms with Crippen molar-refractivity contribution in [1.82, 2.24) is 19.9 Å². The summed E-state index contributed by atoms with van der Waals surface area (Å²) in [7, 11) is 0. The summed E-state index contributed by atoms with van der Waals surface area (Å²) in [6.07, 6.45) is 4.19. The fraction of sp³-hybridized carbons (Fsp3) is 0.375. The SMILES string of the molecule is Nc1ncc(CN2CCC(c3nc4ccccc4[nH]3)CC2)s1. The second-order valence-electron chi connectivity index (χ2n) is 5.85. The highest BCUT2D eigenvalue weighted by atomic mass is 32.1. The topological polar surface area (TPSA) is 70.8 Å². The number of thiazole rings is 1. The number of aromatic amines is 1. The first-order valence-electron chi connectivity index (χ1n) is 7.65. The number of hydrogen-bond donors (Lipinski definition) is 2. The molecule has 3 N–H and O–H groups in total. The predicted octanol–water partition coefficient (Wildman–Crippen LogP) is 2.98. The maximum Gasteiger partial charge on any atom is 0.180 e. The molecule has 0 radical (unpaired) electrons. The number of nitrogen functional groups attached to an aromatic ring is 1. The second-order valence-corrected chi connectivity index (χ2v) is 7.00. The molecule has 0 unspecified atom stereocenters. The van der Waals surface area contributed by atoms with E-state index in [1.807, 2.05) is 18.3 Å². The van der Waals surface area contributed by atoms with Crippen LogP contribution < -0.4 is 5.73 Å². The standard InChI is InChI=1S/C16H19N5S/c17-16-18-9-12(22-16)10-21-7-5-11(6-8-21)15-19-13-3-1-2-4-14(13)20-15/h1-4,9,11H,5-8,10H2,(H2,17,18)(H,19,20). The number of rotatable bonds is 3. The number of hydrogen-bond acceptors (Lipinski definition) is 5. The molecule has 1 fully saturated rings. The number of anilines is 1. The van der Waals surface area contributed by atoms with Gasteiger partial charge in [0.05, 0.1) is 11.0 Å². The van der Waals surface area contributed by atoms with Crippen LogP contribution in [0.4, 0.5) is 5.13 Å². The van der Waals surface area contributed by atoms with Gasteiger partial charge in [-0.1, -0.05) is 12.1 Å². The molecule has 22 heavy (non-hydrogen) atoms. The van der Waals surface area contributed by atoms with Gasteiger partial charge in [-0.05, 0) is 38.1 Å². The van der Waals surface area contributed by atoms with Crippen LogP contribution in [0.25, 0.3) is 11.0 Å². The molecule has 0 aliphatic carbocycles. The van der Waals surface area contributed by atoms with Crippen molar-refractivity contribution in [3.63, 3.8) is 0 Å². The van der Waals surface area contributed by atoms with Gasteiger partial charge in [0.2, 0.25) is 0 Å². The Bertz CT molecular complexity index is 737. The van der Waals surface area contributed by atoms with E-state index < -0.39 is 0 Å². The third-order valence-electron chi connectivity index (χ3n) is 4.33. The van der Waals surface area contributed by atoms with Crippen LogP contribution in [0.15, 0.2) is 30.5 Å². The average molecular weight is 313 g/mol. The summed E-state index contributed by atoms with van der Waals surface area (Å²) in [5.74, 6) is 1.68. The van der Waals surface area contributed by atoms with Crippen molar-refractivity contribution in [3.8, 4) is 0 Å². The van der Waals surface area contributed by atoms with Gasteiger partial charge in [0, 0.05) is 23.5 Å². The molecular weight excluding hydrogens is 294 g/mol. The van der Waals surface area contributed by atoms with Gasteiger partial charge in [-0.15, -0.1) is 11.3 Å². The number of fused-ring (bicyclic) bond motifs is 1. The van der Waals surface area contributed by atoms with Crippen LogP contribution >= 0.6 is 11.3 Å². The summed E-state index contributed by atoms with van der Waals surface area (Å²) in [6.45, 7) is 3.15. The van der Waals surface area contributed by atoms with E-state index >= 15 is 0 Å². The number of nitrogens with two attached hydrogens (primary N) is 1. The quantitative estimate of drug-likeness (QED) is 0.780. The van der Waals surface area contributed by atoms with E-state index in [-0.39, 0.29) is 0 Å². The lowest BCUT2D eigenvalue weighted by atomic mass is 9.96. The summed E-state index contributed by atoms with van der Waals surface area (Å²) >= 11 is 1.59. The van der Waals surface area contributed by atoms with Gasteiger partial charge in [0.15, 0.2) is 5.13 Å². The van der Waals surface area contributed by atoms with Crippen LogP contribution in [0, 0.1) is 0 Å². The smallest absolute Gasteiger partial charge is 0.180 e. The lowest BCUT2D eigenvalue weighted by Gasteiger charge is -2.30. The molecule has 114 valence electrons. The third-order valence-corrected chi connectivity index (χ3v) is 5.14. The molecule has 0 amide bonds. The van der Waals surface area contributed by atoms with Gasteiger partial charge in [-0.25, -0.2) is 9.97 Å². The number of likely N-dealkylation sites (tertiary alicyclic amines) is 1. The van der Waals surface area contributed by atoms with Crippen molar-refractivity contribution in [2.45, 2.75) is 25.3 Å². The Morgan fingerprint density at radius 1 is 1.27 bits per heavy atom. The van der Waals surface area contributed by atoms with E-state index in [1.54, 1.807) is 11.3 Å². The normalized spacial score (nSPS) is 17.3. The van der Waals surface area contributed by atoms with Crippen molar-refractivity contribution in [2.75, 3.05) is 18.8 Å². The third kappa shape index (κ3) is 2.71. The molecule has 1 aliphatic heterocycles. The number of aromatic nitrogens is 3. The zero-order valence-electron chi connectivity index (χ0n) is 12.3. The molecule has 4 rings (SSSR count). The first-order valence-corrected chi connectivity index (χ1v) is 8.47. The zero-order valence-corrected chi connectivity index (χ0v) is 13.1. The Kier molecular flexibility index (Phi) is 3.56. The Hall–Kier alpha value is -1.92. The fourth-order valence-corrected chi connectivity index (χ4v) is 3.87. The highest BCUT2D eigenvalue weighted by Crippen LogP contribution is 2.29. The molecule has 0 bridgehead atoms. The van der Waals surface area contributed by atoms with E-state index in [2.05, 4.69) is 27.0 Å². The Balaban J connectivity index is 1.40. The first kappa shape index (κ1) is 13.7. The lowest BCUT2D eigenvalue weighted by molar-refractivity contribution is 0.203. The summed E-state index contributed by atoms with van der Waals surface area (Å²) in [5.41, 5.74) is 7.90. The van der Waals surface area contributed by atoms with E-state index in [0.717, 1.165) is 49.3 Å².